The number of carbonyl (C=O) groups excluding carboxylic acids is 1. The molecule has 1 amide bonds. The molecule has 3 heteroatoms. The molecule has 1 saturated heterocycles. The third-order valence-corrected chi connectivity index (χ3v) is 4.42. The molecule has 102 valence electrons. The Morgan fingerprint density at radius 1 is 1.21 bits per heavy atom. The summed E-state index contributed by atoms with van der Waals surface area (Å²) in [6.07, 6.45) is 3.21. The fourth-order valence-corrected chi connectivity index (χ4v) is 3.31. The van der Waals surface area contributed by atoms with Crippen LogP contribution in [-0.4, -0.2) is 42.4 Å². The van der Waals surface area contributed by atoms with Crippen LogP contribution in [-0.2, 0) is 17.8 Å². The average molecular weight is 258 g/mol. The second kappa shape index (κ2) is 5.33. The summed E-state index contributed by atoms with van der Waals surface area (Å²) in [5.74, 6) is 0.574. The van der Waals surface area contributed by atoms with Crippen LogP contribution in [0.5, 0.6) is 0 Å². The second-order valence-electron chi connectivity index (χ2n) is 5.88. The summed E-state index contributed by atoms with van der Waals surface area (Å²) in [6.45, 7) is 3.74. The first kappa shape index (κ1) is 12.7. The van der Waals surface area contributed by atoms with Crippen LogP contribution in [0.2, 0.25) is 0 Å². The summed E-state index contributed by atoms with van der Waals surface area (Å²) < 4.78 is 0. The highest BCUT2D eigenvalue weighted by molar-refractivity contribution is 5.79. The smallest absolute Gasteiger partial charge is 0.227 e. The van der Waals surface area contributed by atoms with E-state index < -0.39 is 0 Å². The third kappa shape index (κ3) is 2.66. The van der Waals surface area contributed by atoms with Gasteiger partial charge in [-0.1, -0.05) is 24.3 Å². The summed E-state index contributed by atoms with van der Waals surface area (Å²) in [4.78, 5) is 17.0. The second-order valence-corrected chi connectivity index (χ2v) is 5.88. The SMILES string of the molecule is CN1CCC[C@@H](C(=O)N2CCc3ccccc3C2)C1. The molecule has 2 heterocycles. The number of hydrogen-bond acceptors (Lipinski definition) is 2. The number of amides is 1. The molecule has 0 spiro atoms. The highest BCUT2D eigenvalue weighted by Gasteiger charge is 2.29. The molecule has 3 rings (SSSR count). The molecule has 1 fully saturated rings. The zero-order valence-corrected chi connectivity index (χ0v) is 11.6. The van der Waals surface area contributed by atoms with Crippen molar-refractivity contribution in [3.63, 3.8) is 0 Å². The maximum Gasteiger partial charge on any atom is 0.227 e. The molecule has 2 aliphatic heterocycles. The van der Waals surface area contributed by atoms with Crippen LogP contribution in [0.3, 0.4) is 0 Å². The fraction of sp³-hybridized carbons (Fsp3) is 0.562. The number of benzene rings is 1. The van der Waals surface area contributed by atoms with Gasteiger partial charge >= 0.3 is 0 Å². The summed E-state index contributed by atoms with van der Waals surface area (Å²) >= 11 is 0. The molecule has 0 aliphatic carbocycles. The number of carbonyl (C=O) groups is 1. The van der Waals surface area contributed by atoms with Gasteiger partial charge in [-0.3, -0.25) is 4.79 Å². The summed E-state index contributed by atoms with van der Waals surface area (Å²) in [5.41, 5.74) is 2.73. The van der Waals surface area contributed by atoms with Crippen molar-refractivity contribution in [1.82, 2.24) is 9.80 Å². The number of nitrogens with zero attached hydrogens (tertiary/aromatic N) is 2. The maximum absolute atomic E-state index is 12.6. The van der Waals surface area contributed by atoms with E-state index in [1.807, 2.05) is 0 Å². The number of likely N-dealkylation sites (tertiary alicyclic amines) is 1. The van der Waals surface area contributed by atoms with E-state index in [0.29, 0.717) is 5.91 Å². The molecule has 3 nitrogen and oxygen atoms in total. The largest absolute Gasteiger partial charge is 0.338 e. The van der Waals surface area contributed by atoms with Crippen molar-refractivity contribution in [3.05, 3.63) is 35.4 Å². The van der Waals surface area contributed by atoms with Crippen LogP contribution in [0.25, 0.3) is 0 Å². The first-order valence-electron chi connectivity index (χ1n) is 7.28. The van der Waals surface area contributed by atoms with Gasteiger partial charge in [-0.05, 0) is 44.0 Å². The lowest BCUT2D eigenvalue weighted by atomic mass is 9.94. The minimum absolute atomic E-state index is 0.212. The minimum Gasteiger partial charge on any atom is -0.338 e. The van der Waals surface area contributed by atoms with E-state index >= 15 is 0 Å². The summed E-state index contributed by atoms with van der Waals surface area (Å²) in [7, 11) is 2.12. The number of hydrogen-bond donors (Lipinski definition) is 0. The highest BCUT2D eigenvalue weighted by atomic mass is 16.2. The highest BCUT2D eigenvalue weighted by Crippen LogP contribution is 2.23. The molecule has 0 saturated carbocycles. The lowest BCUT2D eigenvalue weighted by Gasteiger charge is -2.35. The molecule has 2 aliphatic rings. The van der Waals surface area contributed by atoms with Gasteiger partial charge in [0.2, 0.25) is 5.91 Å². The van der Waals surface area contributed by atoms with Gasteiger partial charge in [0.25, 0.3) is 0 Å². The van der Waals surface area contributed by atoms with Crippen LogP contribution >= 0.6 is 0 Å². The Labute approximate surface area is 115 Å². The van der Waals surface area contributed by atoms with Crippen molar-refractivity contribution in [2.24, 2.45) is 5.92 Å². The van der Waals surface area contributed by atoms with E-state index in [1.54, 1.807) is 0 Å². The molecular weight excluding hydrogens is 236 g/mol. The van der Waals surface area contributed by atoms with Gasteiger partial charge in [-0.25, -0.2) is 0 Å². The summed E-state index contributed by atoms with van der Waals surface area (Å²) in [6, 6.07) is 8.50. The molecule has 0 radical (unpaired) electrons. The lowest BCUT2D eigenvalue weighted by Crippen LogP contribution is -2.45. The van der Waals surface area contributed by atoms with Crippen molar-refractivity contribution in [1.29, 1.82) is 0 Å². The Morgan fingerprint density at radius 2 is 2.00 bits per heavy atom. The van der Waals surface area contributed by atoms with Gasteiger partial charge in [0.05, 0.1) is 5.92 Å². The van der Waals surface area contributed by atoms with Crippen LogP contribution < -0.4 is 0 Å². The normalized spacial score (nSPS) is 24.1. The van der Waals surface area contributed by atoms with Crippen LogP contribution in [0.4, 0.5) is 0 Å². The van der Waals surface area contributed by atoms with E-state index in [0.717, 1.165) is 45.4 Å². The number of piperidine rings is 1. The van der Waals surface area contributed by atoms with Crippen LogP contribution in [0.1, 0.15) is 24.0 Å². The van der Waals surface area contributed by atoms with E-state index in [-0.39, 0.29) is 5.92 Å². The molecule has 1 aromatic carbocycles. The van der Waals surface area contributed by atoms with Gasteiger partial charge in [0.1, 0.15) is 0 Å². The third-order valence-electron chi connectivity index (χ3n) is 4.42. The van der Waals surface area contributed by atoms with Crippen molar-refractivity contribution in [2.45, 2.75) is 25.8 Å². The number of fused-ring (bicyclic) bond motifs is 1. The lowest BCUT2D eigenvalue weighted by molar-refractivity contribution is -0.138. The predicted molar refractivity (Wildman–Crippen MR) is 75.8 cm³/mol. The van der Waals surface area contributed by atoms with Crippen molar-refractivity contribution in [2.75, 3.05) is 26.7 Å². The first-order chi connectivity index (χ1) is 9.24. The molecule has 0 unspecified atom stereocenters. The molecule has 1 atom stereocenters. The monoisotopic (exact) mass is 258 g/mol. The Hall–Kier alpha value is -1.35. The van der Waals surface area contributed by atoms with Gasteiger partial charge < -0.3 is 9.80 Å². The van der Waals surface area contributed by atoms with Crippen molar-refractivity contribution < 1.29 is 4.79 Å². The molecule has 1 aromatic rings. The van der Waals surface area contributed by atoms with Crippen LogP contribution in [0, 0.1) is 5.92 Å². The first-order valence-corrected chi connectivity index (χ1v) is 7.28. The van der Waals surface area contributed by atoms with Gasteiger partial charge in [-0.2, -0.15) is 0 Å². The van der Waals surface area contributed by atoms with Crippen molar-refractivity contribution >= 4 is 5.91 Å². The van der Waals surface area contributed by atoms with Crippen LogP contribution in [0.15, 0.2) is 24.3 Å². The standard InChI is InChI=1S/C16H22N2O/c1-17-9-4-7-15(11-17)16(19)18-10-8-13-5-2-3-6-14(13)12-18/h2-3,5-6,15H,4,7-12H2,1H3/t15-/m1/s1. The van der Waals surface area contributed by atoms with E-state index in [1.165, 1.54) is 11.1 Å². The predicted octanol–water partition coefficient (Wildman–Crippen LogP) is 1.91. The molecular formula is C16H22N2O. The zero-order chi connectivity index (χ0) is 13.2. The molecule has 0 aromatic heterocycles. The fourth-order valence-electron chi connectivity index (χ4n) is 3.31. The Balaban J connectivity index is 1.69. The summed E-state index contributed by atoms with van der Waals surface area (Å²) in [5, 5.41) is 0. The van der Waals surface area contributed by atoms with E-state index in [9.17, 15) is 4.79 Å². The van der Waals surface area contributed by atoms with Gasteiger partial charge in [0.15, 0.2) is 0 Å². The molecule has 19 heavy (non-hydrogen) atoms. The van der Waals surface area contributed by atoms with Gasteiger partial charge in [-0.15, -0.1) is 0 Å². The zero-order valence-electron chi connectivity index (χ0n) is 11.6. The molecule has 0 bridgehead atoms. The minimum atomic E-state index is 0.212. The average Bonchev–Trinajstić information content (AvgIpc) is 2.46. The van der Waals surface area contributed by atoms with Gasteiger partial charge in [0, 0.05) is 19.6 Å². The van der Waals surface area contributed by atoms with E-state index in [2.05, 4.69) is 41.1 Å². The quantitative estimate of drug-likeness (QED) is 0.768. The van der Waals surface area contributed by atoms with Crippen molar-refractivity contribution in [3.8, 4) is 0 Å². The number of rotatable bonds is 1. The topological polar surface area (TPSA) is 23.6 Å². The maximum atomic E-state index is 12.6. The Bertz CT molecular complexity index is 472. The Morgan fingerprint density at radius 3 is 2.79 bits per heavy atom. The molecule has 0 N–H and O–H groups in total. The Kier molecular flexibility index (Phi) is 3.56. The van der Waals surface area contributed by atoms with E-state index in [4.69, 9.17) is 0 Å².